The number of pyridine rings is 1. The molecule has 0 aliphatic heterocycles. The average molecular weight is 297 g/mol. The van der Waals surface area contributed by atoms with Gasteiger partial charge < -0.3 is 5.32 Å². The van der Waals surface area contributed by atoms with Gasteiger partial charge in [0, 0.05) is 16.1 Å². The van der Waals surface area contributed by atoms with Crippen LogP contribution in [0.25, 0.3) is 10.9 Å². The fraction of sp³-hybridized carbons (Fsp3) is 0.0588. The smallest absolute Gasteiger partial charge is 0.274 e. The van der Waals surface area contributed by atoms with Gasteiger partial charge in [0.05, 0.1) is 5.52 Å². The van der Waals surface area contributed by atoms with Crippen molar-refractivity contribution in [2.24, 2.45) is 0 Å². The van der Waals surface area contributed by atoms with Crippen LogP contribution in [0.3, 0.4) is 0 Å². The van der Waals surface area contributed by atoms with E-state index in [-0.39, 0.29) is 5.91 Å². The lowest BCUT2D eigenvalue weighted by Crippen LogP contribution is -2.14. The van der Waals surface area contributed by atoms with Gasteiger partial charge in [-0.3, -0.25) is 4.79 Å². The van der Waals surface area contributed by atoms with Crippen LogP contribution in [0, 0.1) is 6.92 Å². The van der Waals surface area contributed by atoms with Gasteiger partial charge in [0.25, 0.3) is 5.91 Å². The summed E-state index contributed by atoms with van der Waals surface area (Å²) in [6.07, 6.45) is 0. The Balaban J connectivity index is 1.91. The van der Waals surface area contributed by atoms with Crippen molar-refractivity contribution in [1.82, 2.24) is 4.98 Å². The number of fused-ring (bicyclic) bond motifs is 1. The van der Waals surface area contributed by atoms with Gasteiger partial charge in [-0.1, -0.05) is 41.9 Å². The van der Waals surface area contributed by atoms with E-state index in [1.807, 2.05) is 43.3 Å². The predicted octanol–water partition coefficient (Wildman–Crippen LogP) is 4.45. The monoisotopic (exact) mass is 296 g/mol. The minimum absolute atomic E-state index is 0.244. The summed E-state index contributed by atoms with van der Waals surface area (Å²) < 4.78 is 0. The van der Waals surface area contributed by atoms with Crippen molar-refractivity contribution >= 4 is 34.1 Å². The Morgan fingerprint density at radius 3 is 2.76 bits per heavy atom. The topological polar surface area (TPSA) is 42.0 Å². The van der Waals surface area contributed by atoms with Gasteiger partial charge in [-0.05, 0) is 36.8 Å². The second-order valence-electron chi connectivity index (χ2n) is 4.80. The van der Waals surface area contributed by atoms with E-state index < -0.39 is 0 Å². The van der Waals surface area contributed by atoms with Gasteiger partial charge in [-0.25, -0.2) is 4.98 Å². The summed E-state index contributed by atoms with van der Waals surface area (Å²) in [4.78, 5) is 16.7. The summed E-state index contributed by atoms with van der Waals surface area (Å²) in [6.45, 7) is 1.92. The zero-order valence-corrected chi connectivity index (χ0v) is 12.2. The van der Waals surface area contributed by atoms with Crippen LogP contribution in [0.2, 0.25) is 5.02 Å². The molecule has 0 saturated carbocycles. The van der Waals surface area contributed by atoms with Crippen molar-refractivity contribution in [3.63, 3.8) is 0 Å². The summed E-state index contributed by atoms with van der Waals surface area (Å²) in [5, 5.41) is 4.44. The van der Waals surface area contributed by atoms with Crippen molar-refractivity contribution in [2.45, 2.75) is 6.92 Å². The van der Waals surface area contributed by atoms with E-state index in [2.05, 4.69) is 10.3 Å². The standard InChI is InChI=1S/C17H13ClN2O/c1-11-6-8-13(18)10-16(11)20-17(21)15-9-7-12-4-2-3-5-14(12)19-15/h2-10H,1H3,(H,20,21). The molecule has 0 unspecified atom stereocenters. The number of nitrogens with one attached hydrogen (secondary N) is 1. The molecule has 0 fully saturated rings. The number of amides is 1. The highest BCUT2D eigenvalue weighted by molar-refractivity contribution is 6.31. The van der Waals surface area contributed by atoms with Crippen LogP contribution in [0.5, 0.6) is 0 Å². The zero-order chi connectivity index (χ0) is 14.8. The number of carbonyl (C=O) groups excluding carboxylic acids is 1. The molecule has 0 bridgehead atoms. The van der Waals surface area contributed by atoms with Gasteiger partial charge in [0.15, 0.2) is 0 Å². The molecule has 2 aromatic carbocycles. The molecule has 0 spiro atoms. The number of rotatable bonds is 2. The van der Waals surface area contributed by atoms with Gasteiger partial charge in [-0.2, -0.15) is 0 Å². The average Bonchev–Trinajstić information content (AvgIpc) is 2.50. The van der Waals surface area contributed by atoms with Crippen molar-refractivity contribution in [3.8, 4) is 0 Å². The van der Waals surface area contributed by atoms with E-state index >= 15 is 0 Å². The van der Waals surface area contributed by atoms with Gasteiger partial charge in [0.2, 0.25) is 0 Å². The highest BCUT2D eigenvalue weighted by Gasteiger charge is 2.10. The first-order valence-electron chi connectivity index (χ1n) is 6.57. The normalized spacial score (nSPS) is 10.6. The maximum Gasteiger partial charge on any atom is 0.274 e. The van der Waals surface area contributed by atoms with Gasteiger partial charge in [-0.15, -0.1) is 0 Å². The van der Waals surface area contributed by atoms with Gasteiger partial charge in [0.1, 0.15) is 5.69 Å². The third-order valence-electron chi connectivity index (χ3n) is 3.28. The lowest BCUT2D eigenvalue weighted by atomic mass is 10.2. The molecule has 0 radical (unpaired) electrons. The van der Waals surface area contributed by atoms with E-state index in [1.54, 1.807) is 18.2 Å². The number of halogens is 1. The molecule has 1 aromatic heterocycles. The lowest BCUT2D eigenvalue weighted by Gasteiger charge is -2.09. The molecule has 1 N–H and O–H groups in total. The minimum Gasteiger partial charge on any atom is -0.320 e. The number of nitrogens with zero attached hydrogens (tertiary/aromatic N) is 1. The molecule has 3 aromatic rings. The van der Waals surface area contributed by atoms with Crippen molar-refractivity contribution < 1.29 is 4.79 Å². The third-order valence-corrected chi connectivity index (χ3v) is 3.51. The largest absolute Gasteiger partial charge is 0.320 e. The second-order valence-corrected chi connectivity index (χ2v) is 5.24. The van der Waals surface area contributed by atoms with Crippen LogP contribution in [0.4, 0.5) is 5.69 Å². The molecule has 1 amide bonds. The number of hydrogen-bond donors (Lipinski definition) is 1. The Morgan fingerprint density at radius 1 is 1.10 bits per heavy atom. The molecule has 0 aliphatic rings. The highest BCUT2D eigenvalue weighted by atomic mass is 35.5. The molecule has 3 nitrogen and oxygen atoms in total. The van der Waals surface area contributed by atoms with Gasteiger partial charge >= 0.3 is 0 Å². The maximum atomic E-state index is 12.3. The second kappa shape index (κ2) is 5.54. The van der Waals surface area contributed by atoms with E-state index in [0.717, 1.165) is 16.5 Å². The molecule has 3 rings (SSSR count). The summed E-state index contributed by atoms with van der Waals surface area (Å²) in [5.74, 6) is -0.244. The number of anilines is 1. The SMILES string of the molecule is Cc1ccc(Cl)cc1NC(=O)c1ccc2ccccc2n1. The van der Waals surface area contributed by atoms with E-state index in [9.17, 15) is 4.79 Å². The number of carbonyl (C=O) groups is 1. The Labute approximate surface area is 127 Å². The van der Waals surface area contributed by atoms with Crippen LogP contribution in [0.1, 0.15) is 16.1 Å². The molecule has 21 heavy (non-hydrogen) atoms. The molecule has 1 heterocycles. The number of aromatic nitrogens is 1. The number of benzene rings is 2. The van der Waals surface area contributed by atoms with Crippen LogP contribution in [0.15, 0.2) is 54.6 Å². The van der Waals surface area contributed by atoms with Crippen molar-refractivity contribution in [1.29, 1.82) is 0 Å². The quantitative estimate of drug-likeness (QED) is 0.759. The fourth-order valence-electron chi connectivity index (χ4n) is 2.11. The van der Waals surface area contributed by atoms with Crippen molar-refractivity contribution in [3.05, 3.63) is 70.9 Å². The Bertz CT molecular complexity index is 830. The molecular formula is C17H13ClN2O. The van der Waals surface area contributed by atoms with E-state index in [0.29, 0.717) is 16.4 Å². The minimum atomic E-state index is -0.244. The Hall–Kier alpha value is -2.39. The van der Waals surface area contributed by atoms with Crippen LogP contribution in [-0.4, -0.2) is 10.9 Å². The number of aryl methyl sites for hydroxylation is 1. The first kappa shape index (κ1) is 13.6. The predicted molar refractivity (Wildman–Crippen MR) is 85.9 cm³/mol. The molecule has 0 atom stereocenters. The summed E-state index contributed by atoms with van der Waals surface area (Å²) in [7, 11) is 0. The van der Waals surface area contributed by atoms with Crippen molar-refractivity contribution in [2.75, 3.05) is 5.32 Å². The Kier molecular flexibility index (Phi) is 3.59. The molecule has 0 saturated heterocycles. The van der Waals surface area contributed by atoms with Crippen LogP contribution >= 0.6 is 11.6 Å². The summed E-state index contributed by atoms with van der Waals surface area (Å²) in [6, 6.07) is 16.7. The summed E-state index contributed by atoms with van der Waals surface area (Å²) in [5.41, 5.74) is 2.83. The van der Waals surface area contributed by atoms with Crippen LogP contribution in [-0.2, 0) is 0 Å². The number of hydrogen-bond acceptors (Lipinski definition) is 2. The molecule has 0 aliphatic carbocycles. The highest BCUT2D eigenvalue weighted by Crippen LogP contribution is 2.21. The maximum absolute atomic E-state index is 12.3. The molecule has 4 heteroatoms. The van der Waals surface area contributed by atoms with E-state index in [4.69, 9.17) is 11.6 Å². The fourth-order valence-corrected chi connectivity index (χ4v) is 2.28. The lowest BCUT2D eigenvalue weighted by molar-refractivity contribution is 0.102. The third kappa shape index (κ3) is 2.88. The molecular weight excluding hydrogens is 284 g/mol. The summed E-state index contributed by atoms with van der Waals surface area (Å²) >= 11 is 5.96. The Morgan fingerprint density at radius 2 is 1.90 bits per heavy atom. The first-order chi connectivity index (χ1) is 10.1. The number of para-hydroxylation sites is 1. The first-order valence-corrected chi connectivity index (χ1v) is 6.94. The van der Waals surface area contributed by atoms with E-state index in [1.165, 1.54) is 0 Å². The van der Waals surface area contributed by atoms with Crippen LogP contribution < -0.4 is 5.32 Å². The zero-order valence-electron chi connectivity index (χ0n) is 11.4. The molecule has 104 valence electrons.